The van der Waals surface area contributed by atoms with Crippen molar-refractivity contribution in [3.8, 4) is 23.0 Å². The third kappa shape index (κ3) is 8.05. The first-order chi connectivity index (χ1) is 25.8. The van der Waals surface area contributed by atoms with Gasteiger partial charge in [0, 0.05) is 12.3 Å². The normalized spacial score (nSPS) is 28.1. The summed E-state index contributed by atoms with van der Waals surface area (Å²) in [5.41, 5.74) is -1.46. The molecule has 54 heavy (non-hydrogen) atoms. The summed E-state index contributed by atoms with van der Waals surface area (Å²) in [6, 6.07) is 16.2. The van der Waals surface area contributed by atoms with Gasteiger partial charge >= 0.3 is 5.97 Å². The van der Waals surface area contributed by atoms with E-state index in [0.717, 1.165) is 11.6 Å². The Hall–Kier alpha value is -5.05. The summed E-state index contributed by atoms with van der Waals surface area (Å²) >= 11 is 0. The van der Waals surface area contributed by atoms with E-state index < -0.39 is 84.1 Å². The van der Waals surface area contributed by atoms with Crippen molar-refractivity contribution >= 4 is 29.7 Å². The maximum atomic E-state index is 14.4. The predicted molar refractivity (Wildman–Crippen MR) is 193 cm³/mol. The molecule has 0 unspecified atom stereocenters. The van der Waals surface area contributed by atoms with Gasteiger partial charge in [0.25, 0.3) is 0 Å². The number of fused-ring (bicyclic) bond motifs is 1. The maximum absolute atomic E-state index is 14.4. The van der Waals surface area contributed by atoms with Crippen LogP contribution in [0, 0.1) is 11.8 Å². The van der Waals surface area contributed by atoms with Gasteiger partial charge < -0.3 is 50.0 Å². The van der Waals surface area contributed by atoms with Crippen LogP contribution in [0.25, 0.3) is 12.2 Å². The number of ether oxygens (including phenoxy) is 3. The molecule has 0 amide bonds. The number of phenolic OH excluding ortho intramolecular Hbond substituents is 4. The van der Waals surface area contributed by atoms with E-state index in [2.05, 4.69) is 0 Å². The quantitative estimate of drug-likeness (QED) is 0.0972. The second kappa shape index (κ2) is 16.1. The largest absolute Gasteiger partial charge is 0.504 e. The lowest BCUT2D eigenvalue weighted by atomic mass is 9.64. The van der Waals surface area contributed by atoms with E-state index >= 15 is 0 Å². The van der Waals surface area contributed by atoms with Crippen molar-refractivity contribution in [3.63, 3.8) is 0 Å². The van der Waals surface area contributed by atoms with Crippen molar-refractivity contribution in [3.05, 3.63) is 95.1 Å². The van der Waals surface area contributed by atoms with Crippen LogP contribution in [-0.2, 0) is 41.6 Å². The highest BCUT2D eigenvalue weighted by Crippen LogP contribution is 2.51. The minimum absolute atomic E-state index is 0.0895. The van der Waals surface area contributed by atoms with E-state index in [1.165, 1.54) is 48.6 Å². The number of phenols is 4. The number of carboxylic acid groups (broad SMARTS) is 1. The number of rotatable bonds is 13. The Bertz CT molecular complexity index is 1920. The van der Waals surface area contributed by atoms with E-state index in [1.54, 1.807) is 0 Å². The first-order valence-electron chi connectivity index (χ1n) is 17.8. The van der Waals surface area contributed by atoms with Crippen molar-refractivity contribution in [1.82, 2.24) is 0 Å². The smallest absolute Gasteiger partial charge is 0.336 e. The van der Waals surface area contributed by atoms with Crippen LogP contribution in [0.2, 0.25) is 0 Å². The minimum atomic E-state index is -2.07. The SMILES string of the molecule is O=C(/C=C/c1ccc(O)c(O)c1)CO[C@@]1(C(=O)O)C[C@@H](O)[C@H]2OC[C@@H](CCc3ccccc3)C[C@@]3(C(=O)/C=C/c4cc(O)c(O)cc4CO)CC[C@@H]1[C@H]2O3. The van der Waals surface area contributed by atoms with Gasteiger partial charge in [0.15, 0.2) is 40.2 Å². The zero-order chi connectivity index (χ0) is 38.6. The molecule has 7 N–H and O–H groups in total. The Labute approximate surface area is 311 Å². The fourth-order valence-corrected chi connectivity index (χ4v) is 7.96. The molecule has 2 heterocycles. The van der Waals surface area contributed by atoms with E-state index in [9.17, 15) is 50.1 Å². The molecule has 2 saturated heterocycles. The molecule has 2 bridgehead atoms. The van der Waals surface area contributed by atoms with Gasteiger partial charge in [-0.15, -0.1) is 0 Å². The minimum Gasteiger partial charge on any atom is -0.504 e. The molecule has 286 valence electrons. The third-order valence-electron chi connectivity index (χ3n) is 10.8. The Morgan fingerprint density at radius 3 is 2.33 bits per heavy atom. The molecule has 6 rings (SSSR count). The third-order valence-corrected chi connectivity index (χ3v) is 10.8. The number of aryl methyl sites for hydroxylation is 1. The lowest BCUT2D eigenvalue weighted by Gasteiger charge is -2.56. The molecule has 3 aliphatic rings. The van der Waals surface area contributed by atoms with E-state index in [0.29, 0.717) is 24.0 Å². The first kappa shape index (κ1) is 38.7. The van der Waals surface area contributed by atoms with Crippen molar-refractivity contribution in [2.75, 3.05) is 13.2 Å². The number of hydrogen-bond acceptors (Lipinski definition) is 12. The van der Waals surface area contributed by atoms with Crippen molar-refractivity contribution < 1.29 is 64.3 Å². The lowest BCUT2D eigenvalue weighted by Crippen LogP contribution is -2.70. The first-order valence-corrected chi connectivity index (χ1v) is 17.8. The molecule has 0 aromatic heterocycles. The predicted octanol–water partition coefficient (Wildman–Crippen LogP) is 4.04. The number of carboxylic acids is 1. The summed E-state index contributed by atoms with van der Waals surface area (Å²) in [7, 11) is 0. The molecular formula is C41H44O13. The summed E-state index contributed by atoms with van der Waals surface area (Å²) in [4.78, 5) is 40.4. The van der Waals surface area contributed by atoms with Gasteiger partial charge in [0.05, 0.1) is 25.4 Å². The summed E-state index contributed by atoms with van der Waals surface area (Å²) < 4.78 is 19.0. The summed E-state index contributed by atoms with van der Waals surface area (Å²) in [5, 5.41) is 71.4. The molecule has 3 aromatic rings. The topological polar surface area (TPSA) is 221 Å². The number of carbonyl (C=O) groups excluding carboxylic acids is 2. The van der Waals surface area contributed by atoms with Crippen LogP contribution in [-0.4, -0.2) is 96.0 Å². The fraction of sp³-hybridized carbons (Fsp3) is 0.390. The van der Waals surface area contributed by atoms with Gasteiger partial charge in [-0.05, 0) is 96.7 Å². The van der Waals surface area contributed by atoms with Crippen LogP contribution in [0.15, 0.2) is 72.8 Å². The van der Waals surface area contributed by atoms with Gasteiger partial charge in [0.2, 0.25) is 0 Å². The Balaban J connectivity index is 1.28. The monoisotopic (exact) mass is 744 g/mol. The number of aliphatic carboxylic acids is 1. The van der Waals surface area contributed by atoms with Crippen LogP contribution in [0.3, 0.4) is 0 Å². The maximum Gasteiger partial charge on any atom is 0.336 e. The molecular weight excluding hydrogens is 700 g/mol. The molecule has 0 radical (unpaired) electrons. The second-order valence-corrected chi connectivity index (χ2v) is 14.3. The summed E-state index contributed by atoms with van der Waals surface area (Å²) in [5.74, 6) is -5.12. The van der Waals surface area contributed by atoms with Crippen LogP contribution in [0.4, 0.5) is 0 Å². The standard InChI is InChI=1S/C41H44O13/c42-21-28-18-34(47)33(46)17-27(28)10-13-36(49)40-15-14-30-37(54-40)38(52-22-26(19-40)7-6-24-4-2-1-3-5-24)35(48)20-41(30,39(50)51)53-23-29(43)11-8-25-9-12-31(44)32(45)16-25/h1-5,8-13,16-18,26,30,35,37-38,42,44-48H,6-7,14-15,19-23H2,(H,50,51)/b11-8+,13-10+/t26-,30+,35+,37+,38+,40+,41-/m0/s1. The van der Waals surface area contributed by atoms with Gasteiger partial charge in [-0.3, -0.25) is 9.59 Å². The highest BCUT2D eigenvalue weighted by molar-refractivity contribution is 6.00. The van der Waals surface area contributed by atoms with E-state index in [-0.39, 0.29) is 48.8 Å². The number of hydrogen-bond donors (Lipinski definition) is 7. The average Bonchev–Trinajstić information content (AvgIpc) is 3.15. The summed E-state index contributed by atoms with van der Waals surface area (Å²) in [6.07, 6.45) is 3.08. The number of benzene rings is 3. The second-order valence-electron chi connectivity index (χ2n) is 14.3. The van der Waals surface area contributed by atoms with Crippen molar-refractivity contribution in [2.45, 2.75) is 74.6 Å². The van der Waals surface area contributed by atoms with Crippen LogP contribution in [0.1, 0.15) is 54.4 Å². The Morgan fingerprint density at radius 1 is 0.870 bits per heavy atom. The molecule has 13 heteroatoms. The molecule has 2 aliphatic heterocycles. The molecule has 3 fully saturated rings. The zero-order valence-electron chi connectivity index (χ0n) is 29.4. The molecule has 3 aromatic carbocycles. The Kier molecular flexibility index (Phi) is 11.5. The van der Waals surface area contributed by atoms with Crippen molar-refractivity contribution in [2.24, 2.45) is 11.8 Å². The van der Waals surface area contributed by atoms with Crippen molar-refractivity contribution in [1.29, 1.82) is 0 Å². The molecule has 13 nitrogen and oxygen atoms in total. The van der Waals surface area contributed by atoms with Crippen LogP contribution in [0.5, 0.6) is 23.0 Å². The fourth-order valence-electron chi connectivity index (χ4n) is 7.96. The Morgan fingerprint density at radius 2 is 1.61 bits per heavy atom. The number of aliphatic hydroxyl groups is 2. The number of ketones is 2. The van der Waals surface area contributed by atoms with E-state index in [4.69, 9.17) is 14.2 Å². The van der Waals surface area contributed by atoms with Crippen LogP contribution >= 0.6 is 0 Å². The van der Waals surface area contributed by atoms with E-state index in [1.807, 2.05) is 30.3 Å². The lowest BCUT2D eigenvalue weighted by molar-refractivity contribution is -0.288. The number of aromatic hydroxyl groups is 4. The molecule has 0 spiro atoms. The number of carbonyl (C=O) groups is 3. The molecule has 1 aliphatic carbocycles. The highest BCUT2D eigenvalue weighted by Gasteiger charge is 2.64. The van der Waals surface area contributed by atoms with Gasteiger partial charge in [-0.1, -0.05) is 48.6 Å². The zero-order valence-corrected chi connectivity index (χ0v) is 29.4. The molecule has 7 atom stereocenters. The number of aliphatic hydroxyl groups excluding tert-OH is 2. The molecule has 1 saturated carbocycles. The highest BCUT2D eigenvalue weighted by atomic mass is 16.6. The van der Waals surface area contributed by atoms with Gasteiger partial charge in [-0.2, -0.15) is 0 Å². The van der Waals surface area contributed by atoms with Gasteiger partial charge in [0.1, 0.15) is 18.3 Å². The van der Waals surface area contributed by atoms with Gasteiger partial charge in [-0.25, -0.2) is 4.79 Å². The summed E-state index contributed by atoms with van der Waals surface area (Å²) in [6.45, 7) is -0.964. The average molecular weight is 745 g/mol. The van der Waals surface area contributed by atoms with Crippen LogP contribution < -0.4 is 0 Å².